The monoisotopic (exact) mass is 252 g/mol. The Morgan fingerprint density at radius 2 is 1.74 bits per heavy atom. The molecule has 0 aromatic heterocycles. The molecular weight excluding hydrogens is 240 g/mol. The van der Waals surface area contributed by atoms with Crippen molar-refractivity contribution < 1.29 is 14.3 Å². The van der Waals surface area contributed by atoms with E-state index >= 15 is 0 Å². The second-order valence-electron chi connectivity index (χ2n) is 4.49. The lowest BCUT2D eigenvalue weighted by molar-refractivity contribution is -0.135. The number of carbonyl (C=O) groups is 2. The molecule has 0 saturated heterocycles. The minimum atomic E-state index is -0.815. The first kappa shape index (κ1) is 11.7. The number of Topliss-reactive ketones (excluding diaryl/α,β-unsaturated/α-hetero) is 1. The second kappa shape index (κ2) is 4.35. The van der Waals surface area contributed by atoms with Gasteiger partial charge in [-0.1, -0.05) is 42.5 Å². The van der Waals surface area contributed by atoms with Crippen molar-refractivity contribution >= 4 is 11.8 Å². The number of ketones is 1. The van der Waals surface area contributed by atoms with E-state index in [9.17, 15) is 9.59 Å². The molecule has 0 atom stereocenters. The van der Waals surface area contributed by atoms with Crippen LogP contribution >= 0.6 is 0 Å². The summed E-state index contributed by atoms with van der Waals surface area (Å²) in [7, 11) is 1.22. The maximum Gasteiger partial charge on any atom is 0.379 e. The number of rotatable bonds is 2. The van der Waals surface area contributed by atoms with Crippen LogP contribution in [0.1, 0.15) is 21.5 Å². The molecule has 94 valence electrons. The first-order chi connectivity index (χ1) is 9.22. The average molecular weight is 252 g/mol. The van der Waals surface area contributed by atoms with Gasteiger partial charge in [0.1, 0.15) is 0 Å². The van der Waals surface area contributed by atoms with Crippen LogP contribution in [0.3, 0.4) is 0 Å². The van der Waals surface area contributed by atoms with E-state index in [4.69, 9.17) is 0 Å². The van der Waals surface area contributed by atoms with Crippen molar-refractivity contribution in [1.82, 2.24) is 0 Å². The van der Waals surface area contributed by atoms with E-state index in [1.54, 1.807) is 12.1 Å². The minimum Gasteiger partial charge on any atom is -0.463 e. The molecule has 0 bridgehead atoms. The van der Waals surface area contributed by atoms with E-state index in [2.05, 4.69) is 4.74 Å². The van der Waals surface area contributed by atoms with Crippen LogP contribution in [0.2, 0.25) is 0 Å². The van der Waals surface area contributed by atoms with Gasteiger partial charge < -0.3 is 4.74 Å². The molecule has 1 aliphatic carbocycles. The van der Waals surface area contributed by atoms with E-state index in [0.29, 0.717) is 12.0 Å². The number of benzene rings is 2. The summed E-state index contributed by atoms with van der Waals surface area (Å²) in [5.74, 6) is -1.39. The average Bonchev–Trinajstić information content (AvgIpc) is 2.84. The second-order valence-corrected chi connectivity index (χ2v) is 4.49. The Balaban J connectivity index is 2.14. The fourth-order valence-corrected chi connectivity index (χ4v) is 2.57. The quantitative estimate of drug-likeness (QED) is 0.400. The standard InChI is InChI=1S/C16H12O3/c1-19-16(18)15(17)13-8-4-7-12-11-6-3-2-5-10(11)9-14(12)13/h2-8H,9H2,1H3. The van der Waals surface area contributed by atoms with Crippen LogP contribution in [0.5, 0.6) is 0 Å². The number of ether oxygens (including phenoxy) is 1. The third kappa shape index (κ3) is 1.74. The summed E-state index contributed by atoms with van der Waals surface area (Å²) in [6.45, 7) is 0. The van der Waals surface area contributed by atoms with Crippen LogP contribution < -0.4 is 0 Å². The van der Waals surface area contributed by atoms with Gasteiger partial charge in [0.2, 0.25) is 0 Å². The maximum absolute atomic E-state index is 12.0. The number of carbonyl (C=O) groups excluding carboxylic acids is 2. The molecule has 0 aliphatic heterocycles. The lowest BCUT2D eigenvalue weighted by atomic mass is 9.98. The molecule has 3 heteroatoms. The van der Waals surface area contributed by atoms with E-state index in [0.717, 1.165) is 16.7 Å². The highest BCUT2D eigenvalue weighted by Crippen LogP contribution is 2.38. The summed E-state index contributed by atoms with van der Waals surface area (Å²) in [5.41, 5.74) is 4.71. The summed E-state index contributed by atoms with van der Waals surface area (Å²) in [6.07, 6.45) is 0.685. The number of hydrogen-bond donors (Lipinski definition) is 0. The highest BCUT2D eigenvalue weighted by atomic mass is 16.5. The molecule has 0 amide bonds. The van der Waals surface area contributed by atoms with Crippen LogP contribution in [0.15, 0.2) is 42.5 Å². The van der Waals surface area contributed by atoms with E-state index < -0.39 is 11.8 Å². The van der Waals surface area contributed by atoms with Crippen LogP contribution in [-0.4, -0.2) is 18.9 Å². The Morgan fingerprint density at radius 1 is 1.00 bits per heavy atom. The number of methoxy groups -OCH3 is 1. The van der Waals surface area contributed by atoms with Gasteiger partial charge in [-0.2, -0.15) is 0 Å². The van der Waals surface area contributed by atoms with Crippen molar-refractivity contribution in [1.29, 1.82) is 0 Å². The Hall–Kier alpha value is -2.42. The van der Waals surface area contributed by atoms with Crippen molar-refractivity contribution in [2.75, 3.05) is 7.11 Å². The third-order valence-corrected chi connectivity index (χ3v) is 3.47. The van der Waals surface area contributed by atoms with Gasteiger partial charge in [0.15, 0.2) is 0 Å². The summed E-state index contributed by atoms with van der Waals surface area (Å²) in [6, 6.07) is 13.5. The van der Waals surface area contributed by atoms with E-state index in [-0.39, 0.29) is 0 Å². The highest BCUT2D eigenvalue weighted by molar-refractivity contribution is 6.41. The normalized spacial score (nSPS) is 11.6. The summed E-state index contributed by atoms with van der Waals surface area (Å²) in [5, 5.41) is 0. The van der Waals surface area contributed by atoms with E-state index in [1.807, 2.05) is 30.3 Å². The van der Waals surface area contributed by atoms with Crippen LogP contribution in [-0.2, 0) is 16.0 Å². The first-order valence-corrected chi connectivity index (χ1v) is 6.05. The molecule has 0 spiro atoms. The van der Waals surface area contributed by atoms with Crippen LogP contribution in [0.4, 0.5) is 0 Å². The molecule has 19 heavy (non-hydrogen) atoms. The van der Waals surface area contributed by atoms with Gasteiger partial charge in [-0.15, -0.1) is 0 Å². The van der Waals surface area contributed by atoms with Crippen LogP contribution in [0.25, 0.3) is 11.1 Å². The lowest BCUT2D eigenvalue weighted by Gasteiger charge is -2.06. The fourth-order valence-electron chi connectivity index (χ4n) is 2.57. The molecule has 0 fully saturated rings. The van der Waals surface area contributed by atoms with Gasteiger partial charge in [0.25, 0.3) is 5.78 Å². The predicted octanol–water partition coefficient (Wildman–Crippen LogP) is 2.61. The molecule has 3 rings (SSSR count). The Bertz CT molecular complexity index is 686. The minimum absolute atomic E-state index is 0.445. The lowest BCUT2D eigenvalue weighted by Crippen LogP contribution is -2.17. The van der Waals surface area contributed by atoms with Gasteiger partial charge in [-0.05, 0) is 28.7 Å². The molecule has 0 radical (unpaired) electrons. The molecule has 0 saturated carbocycles. The number of hydrogen-bond acceptors (Lipinski definition) is 3. The molecule has 0 N–H and O–H groups in total. The van der Waals surface area contributed by atoms with Crippen molar-refractivity contribution in [3.63, 3.8) is 0 Å². The molecular formula is C16H12O3. The SMILES string of the molecule is COC(=O)C(=O)c1cccc2c1Cc1ccccc1-2. The Labute approximate surface area is 110 Å². The summed E-state index contributed by atoms with van der Waals surface area (Å²) >= 11 is 0. The summed E-state index contributed by atoms with van der Waals surface area (Å²) in [4.78, 5) is 23.4. The van der Waals surface area contributed by atoms with Crippen LogP contribution in [0, 0.1) is 0 Å². The number of fused-ring (bicyclic) bond motifs is 3. The Kier molecular flexibility index (Phi) is 2.67. The zero-order valence-corrected chi connectivity index (χ0v) is 10.5. The van der Waals surface area contributed by atoms with Crippen molar-refractivity contribution in [3.8, 4) is 11.1 Å². The molecule has 0 heterocycles. The fraction of sp³-hybridized carbons (Fsp3) is 0.125. The highest BCUT2D eigenvalue weighted by Gasteiger charge is 2.26. The molecule has 1 aliphatic rings. The molecule has 2 aromatic carbocycles. The smallest absolute Gasteiger partial charge is 0.379 e. The summed E-state index contributed by atoms with van der Waals surface area (Å²) < 4.78 is 4.51. The maximum atomic E-state index is 12.0. The van der Waals surface area contributed by atoms with Crippen molar-refractivity contribution in [3.05, 3.63) is 59.2 Å². The van der Waals surface area contributed by atoms with Gasteiger partial charge in [-0.3, -0.25) is 4.79 Å². The van der Waals surface area contributed by atoms with Gasteiger partial charge in [-0.25, -0.2) is 4.79 Å². The van der Waals surface area contributed by atoms with Crippen molar-refractivity contribution in [2.45, 2.75) is 6.42 Å². The largest absolute Gasteiger partial charge is 0.463 e. The van der Waals surface area contributed by atoms with Crippen molar-refractivity contribution in [2.24, 2.45) is 0 Å². The first-order valence-electron chi connectivity index (χ1n) is 6.05. The third-order valence-electron chi connectivity index (χ3n) is 3.47. The zero-order valence-electron chi connectivity index (χ0n) is 10.5. The van der Waals surface area contributed by atoms with E-state index in [1.165, 1.54) is 12.7 Å². The number of esters is 1. The molecule has 0 unspecified atom stereocenters. The zero-order chi connectivity index (χ0) is 13.4. The van der Waals surface area contributed by atoms with Gasteiger partial charge >= 0.3 is 5.97 Å². The molecule has 2 aromatic rings. The predicted molar refractivity (Wildman–Crippen MR) is 71.0 cm³/mol. The van der Waals surface area contributed by atoms with Gasteiger partial charge in [0.05, 0.1) is 7.11 Å². The Morgan fingerprint density at radius 3 is 2.53 bits per heavy atom. The van der Waals surface area contributed by atoms with Gasteiger partial charge in [0, 0.05) is 5.56 Å². The topological polar surface area (TPSA) is 43.4 Å². The molecule has 3 nitrogen and oxygen atoms in total.